The molecule has 6 heteroatoms. The lowest BCUT2D eigenvalue weighted by Gasteiger charge is -2.16. The minimum absolute atomic E-state index is 0.143. The molecule has 1 amide bonds. The monoisotopic (exact) mass is 289 g/mol. The van der Waals surface area contributed by atoms with E-state index in [1.54, 1.807) is 18.3 Å². The number of H-pyrrole nitrogens is 1. The number of aromatic amines is 1. The number of hydrogen-bond donors (Lipinski definition) is 3. The van der Waals surface area contributed by atoms with Crippen LogP contribution in [0.4, 0.5) is 5.82 Å². The lowest BCUT2D eigenvalue weighted by atomic mass is 10.1. The highest BCUT2D eigenvalue weighted by atomic mass is 16.5. The van der Waals surface area contributed by atoms with Gasteiger partial charge in [0, 0.05) is 12.7 Å². The molecule has 1 atom stereocenters. The molecule has 1 unspecified atom stereocenters. The summed E-state index contributed by atoms with van der Waals surface area (Å²) >= 11 is 0. The maximum atomic E-state index is 12.4. The van der Waals surface area contributed by atoms with Crippen molar-refractivity contribution in [2.75, 3.05) is 12.4 Å². The van der Waals surface area contributed by atoms with Crippen LogP contribution in [0.5, 0.6) is 5.75 Å². The van der Waals surface area contributed by atoms with Crippen LogP contribution in [0.3, 0.4) is 0 Å². The molecule has 1 aromatic carbocycles. The summed E-state index contributed by atoms with van der Waals surface area (Å²) in [6.07, 6.45) is 0.941. The number of ether oxygens (including phenoxy) is 1. The number of rotatable bonds is 5. The number of anilines is 1. The molecule has 0 radical (unpaired) electrons. The zero-order valence-electron chi connectivity index (χ0n) is 12.3. The highest BCUT2D eigenvalue weighted by Gasteiger charge is 2.22. The molecule has 2 rings (SSSR count). The van der Waals surface area contributed by atoms with Crippen LogP contribution in [0, 0.1) is 0 Å². The molecule has 112 valence electrons. The topological polar surface area (TPSA) is 87.2 Å². The van der Waals surface area contributed by atoms with Crippen molar-refractivity contribution in [1.29, 1.82) is 0 Å². The number of nitrogens with one attached hydrogen (secondary N) is 2. The van der Waals surface area contributed by atoms with Gasteiger partial charge in [0.2, 0.25) is 0 Å². The predicted molar refractivity (Wildman–Crippen MR) is 79.2 cm³/mol. The van der Waals surface area contributed by atoms with Crippen molar-refractivity contribution in [2.45, 2.75) is 25.9 Å². The second kappa shape index (κ2) is 6.41. The summed E-state index contributed by atoms with van der Waals surface area (Å²) < 4.78 is 5.26. The number of phenols is 1. The number of aromatic hydroxyl groups is 1. The van der Waals surface area contributed by atoms with E-state index in [1.807, 2.05) is 13.8 Å². The minimum atomic E-state index is -0.756. The number of benzene rings is 1. The first-order valence-corrected chi connectivity index (χ1v) is 6.68. The number of hydrogen-bond acceptors (Lipinski definition) is 4. The maximum Gasteiger partial charge on any atom is 0.259 e. The van der Waals surface area contributed by atoms with Gasteiger partial charge in [0.15, 0.2) is 6.10 Å². The molecule has 3 N–H and O–H groups in total. The maximum absolute atomic E-state index is 12.4. The van der Waals surface area contributed by atoms with Crippen molar-refractivity contribution >= 4 is 11.7 Å². The standard InChI is InChI=1S/C15H19N3O3/c1-9(2)12-8-16-18-14(12)17-15(20)13(21-3)10-4-6-11(19)7-5-10/h4-9,13,19H,1-3H3,(H2,16,17,18,20). The molecule has 0 spiro atoms. The fraction of sp³-hybridized carbons (Fsp3) is 0.333. The Morgan fingerprint density at radius 1 is 1.33 bits per heavy atom. The largest absolute Gasteiger partial charge is 0.508 e. The van der Waals surface area contributed by atoms with Crippen LogP contribution in [0.15, 0.2) is 30.5 Å². The van der Waals surface area contributed by atoms with Crippen molar-refractivity contribution in [2.24, 2.45) is 0 Å². The fourth-order valence-corrected chi connectivity index (χ4v) is 2.07. The number of carbonyl (C=O) groups is 1. The van der Waals surface area contributed by atoms with Crippen molar-refractivity contribution in [3.8, 4) is 5.75 Å². The highest BCUT2D eigenvalue weighted by Crippen LogP contribution is 2.24. The van der Waals surface area contributed by atoms with Crippen LogP contribution in [0.1, 0.15) is 37.0 Å². The lowest BCUT2D eigenvalue weighted by molar-refractivity contribution is -0.126. The Kier molecular flexibility index (Phi) is 4.59. The van der Waals surface area contributed by atoms with E-state index in [0.29, 0.717) is 11.4 Å². The summed E-state index contributed by atoms with van der Waals surface area (Å²) in [7, 11) is 1.47. The Hall–Kier alpha value is -2.34. The molecule has 0 aliphatic carbocycles. The number of methoxy groups -OCH3 is 1. The average molecular weight is 289 g/mol. The smallest absolute Gasteiger partial charge is 0.259 e. The highest BCUT2D eigenvalue weighted by molar-refractivity contribution is 5.94. The van der Waals surface area contributed by atoms with Gasteiger partial charge in [-0.1, -0.05) is 26.0 Å². The van der Waals surface area contributed by atoms with Gasteiger partial charge >= 0.3 is 0 Å². The zero-order valence-corrected chi connectivity index (χ0v) is 12.3. The van der Waals surface area contributed by atoms with Crippen molar-refractivity contribution < 1.29 is 14.6 Å². The van der Waals surface area contributed by atoms with Gasteiger partial charge in [-0.25, -0.2) is 0 Å². The first-order valence-electron chi connectivity index (χ1n) is 6.68. The molecule has 1 aromatic heterocycles. The third-order valence-electron chi connectivity index (χ3n) is 3.21. The van der Waals surface area contributed by atoms with Crippen LogP contribution in [0.25, 0.3) is 0 Å². The van der Waals surface area contributed by atoms with Crippen LogP contribution in [-0.4, -0.2) is 28.3 Å². The van der Waals surface area contributed by atoms with Gasteiger partial charge in [-0.3, -0.25) is 9.89 Å². The van der Waals surface area contributed by atoms with E-state index in [9.17, 15) is 9.90 Å². The quantitative estimate of drug-likeness (QED) is 0.789. The van der Waals surface area contributed by atoms with Gasteiger partial charge in [-0.2, -0.15) is 5.10 Å². The van der Waals surface area contributed by atoms with E-state index in [-0.39, 0.29) is 17.6 Å². The first kappa shape index (κ1) is 15.1. The normalized spacial score (nSPS) is 12.4. The molecule has 0 fully saturated rings. The Morgan fingerprint density at radius 2 is 2.00 bits per heavy atom. The molecule has 21 heavy (non-hydrogen) atoms. The molecule has 2 aromatic rings. The molecule has 1 heterocycles. The van der Waals surface area contributed by atoms with Crippen LogP contribution in [0.2, 0.25) is 0 Å². The number of amides is 1. The van der Waals surface area contributed by atoms with E-state index in [4.69, 9.17) is 4.74 Å². The SMILES string of the molecule is COC(C(=O)Nc1[nH]ncc1C(C)C)c1ccc(O)cc1. The number of nitrogens with zero attached hydrogens (tertiary/aromatic N) is 1. The average Bonchev–Trinajstić information content (AvgIpc) is 2.90. The molecule has 0 saturated carbocycles. The van der Waals surface area contributed by atoms with Crippen molar-refractivity contribution in [3.05, 3.63) is 41.6 Å². The van der Waals surface area contributed by atoms with E-state index < -0.39 is 6.10 Å². The molecule has 0 aliphatic heterocycles. The van der Waals surface area contributed by atoms with Crippen LogP contribution >= 0.6 is 0 Å². The van der Waals surface area contributed by atoms with Gasteiger partial charge in [0.1, 0.15) is 11.6 Å². The van der Waals surface area contributed by atoms with E-state index in [0.717, 1.165) is 5.56 Å². The minimum Gasteiger partial charge on any atom is -0.508 e. The number of carbonyl (C=O) groups excluding carboxylic acids is 1. The predicted octanol–water partition coefficient (Wildman–Crippen LogP) is 2.56. The van der Waals surface area contributed by atoms with Gasteiger partial charge in [-0.15, -0.1) is 0 Å². The Labute approximate surface area is 123 Å². The third-order valence-corrected chi connectivity index (χ3v) is 3.21. The van der Waals surface area contributed by atoms with E-state index >= 15 is 0 Å². The van der Waals surface area contributed by atoms with E-state index in [2.05, 4.69) is 15.5 Å². The second-order valence-electron chi connectivity index (χ2n) is 5.05. The van der Waals surface area contributed by atoms with Gasteiger partial charge in [0.25, 0.3) is 5.91 Å². The fourth-order valence-electron chi connectivity index (χ4n) is 2.07. The third kappa shape index (κ3) is 3.41. The van der Waals surface area contributed by atoms with Gasteiger partial charge in [-0.05, 0) is 23.6 Å². The summed E-state index contributed by atoms with van der Waals surface area (Å²) in [5, 5.41) is 18.8. The van der Waals surface area contributed by atoms with Crippen LogP contribution in [-0.2, 0) is 9.53 Å². The van der Waals surface area contributed by atoms with E-state index in [1.165, 1.54) is 19.2 Å². The Morgan fingerprint density at radius 3 is 2.57 bits per heavy atom. The first-order chi connectivity index (χ1) is 10.0. The molecule has 0 bridgehead atoms. The Bertz CT molecular complexity index is 605. The molecule has 0 aliphatic rings. The van der Waals surface area contributed by atoms with Gasteiger partial charge < -0.3 is 15.2 Å². The van der Waals surface area contributed by atoms with Crippen molar-refractivity contribution in [3.63, 3.8) is 0 Å². The zero-order chi connectivity index (χ0) is 15.4. The second-order valence-corrected chi connectivity index (χ2v) is 5.05. The summed E-state index contributed by atoms with van der Waals surface area (Å²) in [6, 6.07) is 6.34. The number of aromatic nitrogens is 2. The molecule has 6 nitrogen and oxygen atoms in total. The summed E-state index contributed by atoms with van der Waals surface area (Å²) in [5.74, 6) is 0.670. The summed E-state index contributed by atoms with van der Waals surface area (Å²) in [6.45, 7) is 4.04. The number of phenolic OH excluding ortho intramolecular Hbond substituents is 1. The summed E-state index contributed by atoms with van der Waals surface area (Å²) in [5.41, 5.74) is 1.60. The van der Waals surface area contributed by atoms with Crippen LogP contribution < -0.4 is 5.32 Å². The Balaban J connectivity index is 2.17. The van der Waals surface area contributed by atoms with Crippen molar-refractivity contribution in [1.82, 2.24) is 10.2 Å². The molecule has 0 saturated heterocycles. The molecular formula is C15H19N3O3. The lowest BCUT2D eigenvalue weighted by Crippen LogP contribution is -2.23. The molecular weight excluding hydrogens is 270 g/mol. The summed E-state index contributed by atoms with van der Waals surface area (Å²) in [4.78, 5) is 12.4. The van der Waals surface area contributed by atoms with Gasteiger partial charge in [0.05, 0.1) is 6.20 Å².